The summed E-state index contributed by atoms with van der Waals surface area (Å²) < 4.78 is 1.07. The first-order valence-electron chi connectivity index (χ1n) is 4.59. The van der Waals surface area contributed by atoms with Crippen LogP contribution in [0.1, 0.15) is 13.8 Å². The van der Waals surface area contributed by atoms with Crippen LogP contribution >= 0.6 is 27.7 Å². The maximum absolute atomic E-state index is 4.32. The molecule has 4 heteroatoms. The highest BCUT2D eigenvalue weighted by molar-refractivity contribution is 9.10. The molecule has 0 saturated carbocycles. The highest BCUT2D eigenvalue weighted by Gasteiger charge is 2.13. The van der Waals surface area contributed by atoms with Crippen LogP contribution in [0.3, 0.4) is 0 Å². The Bertz CT molecular complexity index is 293. The number of thioether (sulfide) groups is 1. The Balaban J connectivity index is 2.64. The SMILES string of the molecule is CNC(C)C(C)Sc1ncccc1Br. The fourth-order valence-corrected chi connectivity index (χ4v) is 2.50. The smallest absolute Gasteiger partial charge is 0.110 e. The molecule has 0 bridgehead atoms. The van der Waals surface area contributed by atoms with Gasteiger partial charge < -0.3 is 5.32 Å². The van der Waals surface area contributed by atoms with Gasteiger partial charge >= 0.3 is 0 Å². The molecule has 1 aromatic heterocycles. The van der Waals surface area contributed by atoms with E-state index >= 15 is 0 Å². The first-order chi connectivity index (χ1) is 6.65. The molecule has 0 aromatic carbocycles. The molecule has 0 fully saturated rings. The summed E-state index contributed by atoms with van der Waals surface area (Å²) in [6.45, 7) is 4.38. The number of nitrogens with one attached hydrogen (secondary N) is 1. The minimum absolute atomic E-state index is 0.480. The third-order valence-electron chi connectivity index (χ3n) is 2.18. The van der Waals surface area contributed by atoms with E-state index in [9.17, 15) is 0 Å². The molecule has 2 atom stereocenters. The molecule has 1 N–H and O–H groups in total. The Morgan fingerprint density at radius 3 is 2.79 bits per heavy atom. The van der Waals surface area contributed by atoms with Gasteiger partial charge in [-0.05, 0) is 42.0 Å². The normalized spacial score (nSPS) is 15.1. The van der Waals surface area contributed by atoms with E-state index in [0.29, 0.717) is 11.3 Å². The van der Waals surface area contributed by atoms with Crippen molar-refractivity contribution in [1.29, 1.82) is 0 Å². The summed E-state index contributed by atoms with van der Waals surface area (Å²) in [5.74, 6) is 0. The zero-order valence-electron chi connectivity index (χ0n) is 8.62. The lowest BCUT2D eigenvalue weighted by Crippen LogP contribution is -2.30. The number of aromatic nitrogens is 1. The first kappa shape index (κ1) is 12.0. The molecular weight excluding hydrogens is 260 g/mol. The predicted molar refractivity (Wildman–Crippen MR) is 65.8 cm³/mol. The molecule has 2 unspecified atom stereocenters. The minimum atomic E-state index is 0.480. The quantitative estimate of drug-likeness (QED) is 0.855. The Hall–Kier alpha value is -0.0600. The zero-order valence-corrected chi connectivity index (χ0v) is 11.0. The molecule has 14 heavy (non-hydrogen) atoms. The van der Waals surface area contributed by atoms with Gasteiger partial charge in [0, 0.05) is 22.0 Å². The van der Waals surface area contributed by atoms with Gasteiger partial charge in [0.05, 0.1) is 0 Å². The molecule has 1 aromatic rings. The third-order valence-corrected chi connectivity index (χ3v) is 4.41. The maximum Gasteiger partial charge on any atom is 0.110 e. The van der Waals surface area contributed by atoms with E-state index in [1.807, 2.05) is 25.4 Å². The van der Waals surface area contributed by atoms with Gasteiger partial charge in [0.1, 0.15) is 5.03 Å². The average molecular weight is 275 g/mol. The van der Waals surface area contributed by atoms with Crippen LogP contribution in [0.15, 0.2) is 27.8 Å². The predicted octanol–water partition coefficient (Wildman–Crippen LogP) is 2.93. The zero-order chi connectivity index (χ0) is 10.6. The van der Waals surface area contributed by atoms with Crippen molar-refractivity contribution in [2.45, 2.75) is 30.2 Å². The van der Waals surface area contributed by atoms with E-state index in [4.69, 9.17) is 0 Å². The molecule has 0 aliphatic heterocycles. The summed E-state index contributed by atoms with van der Waals surface area (Å²) in [6, 6.07) is 4.43. The molecule has 78 valence electrons. The molecule has 2 nitrogen and oxygen atoms in total. The molecule has 0 aliphatic carbocycles. The Labute approximate surface area is 98.0 Å². The number of halogens is 1. The van der Waals surface area contributed by atoms with Gasteiger partial charge in [-0.2, -0.15) is 0 Å². The monoisotopic (exact) mass is 274 g/mol. The average Bonchev–Trinajstić information content (AvgIpc) is 2.20. The second kappa shape index (κ2) is 5.73. The highest BCUT2D eigenvalue weighted by atomic mass is 79.9. The van der Waals surface area contributed by atoms with Gasteiger partial charge in [-0.15, -0.1) is 11.8 Å². The fraction of sp³-hybridized carbons (Fsp3) is 0.500. The van der Waals surface area contributed by atoms with E-state index in [1.165, 1.54) is 0 Å². The van der Waals surface area contributed by atoms with Crippen molar-refractivity contribution in [3.63, 3.8) is 0 Å². The lowest BCUT2D eigenvalue weighted by atomic mass is 10.3. The van der Waals surface area contributed by atoms with Gasteiger partial charge in [0.15, 0.2) is 0 Å². The van der Waals surface area contributed by atoms with E-state index in [1.54, 1.807) is 11.8 Å². The highest BCUT2D eigenvalue weighted by Crippen LogP contribution is 2.29. The molecule has 1 heterocycles. The van der Waals surface area contributed by atoms with E-state index in [-0.39, 0.29) is 0 Å². The van der Waals surface area contributed by atoms with Crippen LogP contribution in [-0.2, 0) is 0 Å². The third kappa shape index (κ3) is 3.26. The second-order valence-corrected chi connectivity index (χ2v) is 5.41. The van der Waals surface area contributed by atoms with Crippen LogP contribution in [-0.4, -0.2) is 23.3 Å². The maximum atomic E-state index is 4.32. The number of pyridine rings is 1. The Morgan fingerprint density at radius 1 is 1.50 bits per heavy atom. The molecule has 0 aliphatic rings. The summed E-state index contributed by atoms with van der Waals surface area (Å²) in [5.41, 5.74) is 0. The van der Waals surface area contributed by atoms with Crippen molar-refractivity contribution in [2.24, 2.45) is 0 Å². The molecular formula is C10H15BrN2S. The molecule has 0 saturated heterocycles. The molecule has 0 amide bonds. The van der Waals surface area contributed by atoms with E-state index < -0.39 is 0 Å². The molecule has 0 radical (unpaired) electrons. The van der Waals surface area contributed by atoms with Crippen LogP contribution in [0.2, 0.25) is 0 Å². The largest absolute Gasteiger partial charge is 0.316 e. The number of rotatable bonds is 4. The van der Waals surface area contributed by atoms with Crippen LogP contribution < -0.4 is 5.32 Å². The van der Waals surface area contributed by atoms with Crippen LogP contribution in [0.5, 0.6) is 0 Å². The van der Waals surface area contributed by atoms with Crippen molar-refractivity contribution in [1.82, 2.24) is 10.3 Å². The van der Waals surface area contributed by atoms with E-state index in [0.717, 1.165) is 9.50 Å². The fourth-order valence-electron chi connectivity index (χ4n) is 0.971. The van der Waals surface area contributed by atoms with Crippen molar-refractivity contribution >= 4 is 27.7 Å². The number of hydrogen-bond acceptors (Lipinski definition) is 3. The van der Waals surface area contributed by atoms with Gasteiger partial charge in [-0.3, -0.25) is 0 Å². The summed E-state index contributed by atoms with van der Waals surface area (Å²) in [6.07, 6.45) is 1.82. The Morgan fingerprint density at radius 2 is 2.21 bits per heavy atom. The van der Waals surface area contributed by atoms with Crippen molar-refractivity contribution in [3.05, 3.63) is 22.8 Å². The summed E-state index contributed by atoms with van der Waals surface area (Å²) in [5, 5.41) is 4.80. The lowest BCUT2D eigenvalue weighted by Gasteiger charge is -2.18. The standard InChI is InChI=1S/C10H15BrN2S/c1-7(12-3)8(2)14-10-9(11)5-4-6-13-10/h4-8,12H,1-3H3. The summed E-state index contributed by atoms with van der Waals surface area (Å²) >= 11 is 5.27. The van der Waals surface area contributed by atoms with Crippen LogP contribution in [0.25, 0.3) is 0 Å². The van der Waals surface area contributed by atoms with Crippen molar-refractivity contribution < 1.29 is 0 Å². The van der Waals surface area contributed by atoms with Crippen LogP contribution in [0.4, 0.5) is 0 Å². The van der Waals surface area contributed by atoms with Crippen LogP contribution in [0, 0.1) is 0 Å². The van der Waals surface area contributed by atoms with E-state index in [2.05, 4.69) is 40.1 Å². The van der Waals surface area contributed by atoms with Gasteiger partial charge in [0.25, 0.3) is 0 Å². The first-order valence-corrected chi connectivity index (χ1v) is 6.27. The van der Waals surface area contributed by atoms with Gasteiger partial charge in [-0.25, -0.2) is 4.98 Å². The van der Waals surface area contributed by atoms with Gasteiger partial charge in [0.2, 0.25) is 0 Å². The van der Waals surface area contributed by atoms with Crippen molar-refractivity contribution in [3.8, 4) is 0 Å². The second-order valence-electron chi connectivity index (χ2n) is 3.19. The summed E-state index contributed by atoms with van der Waals surface area (Å²) in [4.78, 5) is 4.32. The lowest BCUT2D eigenvalue weighted by molar-refractivity contribution is 0.605. The number of nitrogens with zero attached hydrogens (tertiary/aromatic N) is 1. The van der Waals surface area contributed by atoms with Gasteiger partial charge in [-0.1, -0.05) is 6.92 Å². The molecule has 0 spiro atoms. The number of hydrogen-bond donors (Lipinski definition) is 1. The summed E-state index contributed by atoms with van der Waals surface area (Å²) in [7, 11) is 1.98. The minimum Gasteiger partial charge on any atom is -0.316 e. The topological polar surface area (TPSA) is 24.9 Å². The van der Waals surface area contributed by atoms with Crippen molar-refractivity contribution in [2.75, 3.05) is 7.05 Å². The Kier molecular flexibility index (Phi) is 4.92. The molecule has 1 rings (SSSR count).